The highest BCUT2D eigenvalue weighted by Gasteiger charge is 2.52. The van der Waals surface area contributed by atoms with Crippen LogP contribution in [0.15, 0.2) is 48.5 Å². The Hall–Kier alpha value is -2.62. The van der Waals surface area contributed by atoms with Gasteiger partial charge in [0.15, 0.2) is 0 Å². The number of hydrogen-bond acceptors (Lipinski definition) is 2. The van der Waals surface area contributed by atoms with Crippen molar-refractivity contribution in [2.24, 2.45) is 17.3 Å². The van der Waals surface area contributed by atoms with Gasteiger partial charge < -0.3 is 10.6 Å². The van der Waals surface area contributed by atoms with Crippen molar-refractivity contribution < 1.29 is 9.59 Å². The molecule has 0 aromatic heterocycles. The van der Waals surface area contributed by atoms with Gasteiger partial charge in [0.25, 0.3) is 0 Å². The Morgan fingerprint density at radius 2 is 1.44 bits per heavy atom. The lowest BCUT2D eigenvalue weighted by Crippen LogP contribution is -2.51. The smallest absolute Gasteiger partial charge is 0.228 e. The molecule has 0 spiro atoms. The highest BCUT2D eigenvalue weighted by Crippen LogP contribution is 2.53. The summed E-state index contributed by atoms with van der Waals surface area (Å²) in [5.74, 6) is 0.188. The second kappa shape index (κ2) is 7.55. The Labute approximate surface area is 161 Å². The average Bonchev–Trinajstić information content (AvgIpc) is 2.62. The molecular formula is C23H28N2O2. The fourth-order valence-electron chi connectivity index (χ4n) is 3.88. The number of anilines is 2. The van der Waals surface area contributed by atoms with Crippen LogP contribution in [0.5, 0.6) is 0 Å². The van der Waals surface area contributed by atoms with Crippen LogP contribution in [0.25, 0.3) is 0 Å². The highest BCUT2D eigenvalue weighted by molar-refractivity contribution is 5.95. The van der Waals surface area contributed by atoms with Crippen molar-refractivity contribution in [2.45, 2.75) is 40.5 Å². The molecule has 0 aliphatic heterocycles. The van der Waals surface area contributed by atoms with Crippen LogP contribution in [0, 0.1) is 31.1 Å². The summed E-state index contributed by atoms with van der Waals surface area (Å²) in [6.45, 7) is 8.14. The summed E-state index contributed by atoms with van der Waals surface area (Å²) < 4.78 is 0. The van der Waals surface area contributed by atoms with Crippen LogP contribution in [0.2, 0.25) is 0 Å². The van der Waals surface area contributed by atoms with E-state index in [0.29, 0.717) is 6.42 Å². The maximum absolute atomic E-state index is 12.7. The summed E-state index contributed by atoms with van der Waals surface area (Å²) in [7, 11) is 0. The van der Waals surface area contributed by atoms with Crippen LogP contribution < -0.4 is 10.6 Å². The van der Waals surface area contributed by atoms with Crippen LogP contribution in [-0.4, -0.2) is 11.8 Å². The molecule has 0 bridgehead atoms. The Balaban J connectivity index is 1.58. The van der Waals surface area contributed by atoms with Gasteiger partial charge in [0.2, 0.25) is 11.8 Å². The Bertz CT molecular complexity index is 857. The van der Waals surface area contributed by atoms with Gasteiger partial charge >= 0.3 is 0 Å². The molecule has 1 aliphatic rings. The van der Waals surface area contributed by atoms with Gasteiger partial charge in [-0.3, -0.25) is 9.59 Å². The van der Waals surface area contributed by atoms with Gasteiger partial charge in [-0.15, -0.1) is 0 Å². The van der Waals surface area contributed by atoms with Gasteiger partial charge in [-0.05, 0) is 54.9 Å². The second-order valence-electron chi connectivity index (χ2n) is 8.18. The first-order chi connectivity index (χ1) is 12.8. The first kappa shape index (κ1) is 19.2. The van der Waals surface area contributed by atoms with E-state index in [0.717, 1.165) is 28.9 Å². The third-order valence-electron chi connectivity index (χ3n) is 6.04. The average molecular weight is 364 g/mol. The molecule has 4 nitrogen and oxygen atoms in total. The van der Waals surface area contributed by atoms with Gasteiger partial charge in [0, 0.05) is 23.7 Å². The molecule has 4 heteroatoms. The zero-order chi connectivity index (χ0) is 19.6. The van der Waals surface area contributed by atoms with Crippen LogP contribution >= 0.6 is 0 Å². The number of nitrogens with one attached hydrogen (secondary N) is 2. The predicted molar refractivity (Wildman–Crippen MR) is 110 cm³/mol. The molecule has 1 fully saturated rings. The molecule has 0 radical (unpaired) electrons. The third-order valence-corrected chi connectivity index (χ3v) is 6.04. The fraction of sp³-hybridized carbons (Fsp3) is 0.391. The fourth-order valence-corrected chi connectivity index (χ4v) is 3.88. The van der Waals surface area contributed by atoms with Crippen LogP contribution in [0.1, 0.15) is 37.8 Å². The van der Waals surface area contributed by atoms with Crippen molar-refractivity contribution in [1.29, 1.82) is 0 Å². The number of aryl methyl sites for hydroxylation is 2. The highest BCUT2D eigenvalue weighted by atomic mass is 16.2. The molecule has 2 aromatic carbocycles. The number of amides is 2. The first-order valence-corrected chi connectivity index (χ1v) is 9.51. The molecule has 142 valence electrons. The number of para-hydroxylation sites is 2. The van der Waals surface area contributed by atoms with Gasteiger partial charge in [0.05, 0.1) is 0 Å². The summed E-state index contributed by atoms with van der Waals surface area (Å²) in [4.78, 5) is 25.2. The number of carbonyl (C=O) groups is 2. The van der Waals surface area contributed by atoms with E-state index in [1.54, 1.807) is 0 Å². The van der Waals surface area contributed by atoms with Gasteiger partial charge in [-0.1, -0.05) is 50.2 Å². The summed E-state index contributed by atoms with van der Waals surface area (Å²) in [5.41, 5.74) is 3.62. The van der Waals surface area contributed by atoms with E-state index in [4.69, 9.17) is 0 Å². The maximum Gasteiger partial charge on any atom is 0.228 e. The topological polar surface area (TPSA) is 58.2 Å². The van der Waals surface area contributed by atoms with Crippen molar-refractivity contribution in [2.75, 3.05) is 10.6 Å². The minimum Gasteiger partial charge on any atom is -0.326 e. The van der Waals surface area contributed by atoms with Crippen molar-refractivity contribution >= 4 is 23.2 Å². The first-order valence-electron chi connectivity index (χ1n) is 9.51. The van der Waals surface area contributed by atoms with E-state index < -0.39 is 0 Å². The molecule has 27 heavy (non-hydrogen) atoms. The van der Waals surface area contributed by atoms with E-state index in [2.05, 4.69) is 24.5 Å². The zero-order valence-corrected chi connectivity index (χ0v) is 16.5. The van der Waals surface area contributed by atoms with Crippen molar-refractivity contribution in [1.82, 2.24) is 0 Å². The molecule has 1 aliphatic carbocycles. The van der Waals surface area contributed by atoms with Crippen LogP contribution in [-0.2, 0) is 9.59 Å². The van der Waals surface area contributed by atoms with Gasteiger partial charge in [0.1, 0.15) is 0 Å². The predicted octanol–water partition coefficient (Wildman–Crippen LogP) is 4.93. The molecule has 0 saturated heterocycles. The maximum atomic E-state index is 12.7. The summed E-state index contributed by atoms with van der Waals surface area (Å²) >= 11 is 0. The number of rotatable bonds is 5. The number of benzene rings is 2. The molecule has 2 atom stereocenters. The zero-order valence-electron chi connectivity index (χ0n) is 16.5. The Morgan fingerprint density at radius 3 is 1.96 bits per heavy atom. The normalized spacial score (nSPS) is 20.4. The van der Waals surface area contributed by atoms with Gasteiger partial charge in [-0.2, -0.15) is 0 Å². The van der Waals surface area contributed by atoms with Crippen LogP contribution in [0.4, 0.5) is 11.4 Å². The third kappa shape index (κ3) is 4.05. The molecule has 1 saturated carbocycles. The lowest BCUT2D eigenvalue weighted by Gasteiger charge is -2.51. The minimum atomic E-state index is -0.199. The quantitative estimate of drug-likeness (QED) is 0.790. The lowest BCUT2D eigenvalue weighted by atomic mass is 9.53. The molecular weight excluding hydrogens is 336 g/mol. The standard InChI is InChI=1S/C23H28N2O2/c1-15-9-5-7-11-19(15)24-21(26)14-17-13-18(23(17,3)4)22(27)25-20-12-8-6-10-16(20)2/h5-12,17-18H,13-14H2,1-4H3,(H,24,26)(H,25,27)/t17-,18+/m0/s1. The van der Waals surface area contributed by atoms with Crippen molar-refractivity contribution in [3.63, 3.8) is 0 Å². The van der Waals surface area contributed by atoms with Crippen molar-refractivity contribution in [3.8, 4) is 0 Å². The van der Waals surface area contributed by atoms with Crippen molar-refractivity contribution in [3.05, 3.63) is 59.7 Å². The Kier molecular flexibility index (Phi) is 5.36. The SMILES string of the molecule is Cc1ccccc1NC(=O)C[C@@H]1C[C@H](C(=O)Nc2ccccc2C)C1(C)C. The molecule has 0 unspecified atom stereocenters. The Morgan fingerprint density at radius 1 is 0.926 bits per heavy atom. The minimum absolute atomic E-state index is 0.0140. The van der Waals surface area contributed by atoms with E-state index in [1.165, 1.54) is 0 Å². The number of carbonyl (C=O) groups excluding carboxylic acids is 2. The summed E-state index contributed by atoms with van der Waals surface area (Å²) in [6.07, 6.45) is 1.18. The molecule has 3 rings (SSSR count). The number of hydrogen-bond donors (Lipinski definition) is 2. The molecule has 2 amide bonds. The summed E-state index contributed by atoms with van der Waals surface area (Å²) in [5, 5.41) is 6.05. The van der Waals surface area contributed by atoms with E-state index in [-0.39, 0.29) is 29.1 Å². The monoisotopic (exact) mass is 364 g/mol. The molecule has 2 aromatic rings. The molecule has 2 N–H and O–H groups in total. The molecule has 0 heterocycles. The second-order valence-corrected chi connectivity index (χ2v) is 8.18. The van der Waals surface area contributed by atoms with Crippen LogP contribution in [0.3, 0.4) is 0 Å². The lowest BCUT2D eigenvalue weighted by molar-refractivity contribution is -0.138. The summed E-state index contributed by atoms with van der Waals surface area (Å²) in [6, 6.07) is 15.6. The van der Waals surface area contributed by atoms with E-state index in [9.17, 15) is 9.59 Å². The van der Waals surface area contributed by atoms with E-state index in [1.807, 2.05) is 62.4 Å². The largest absolute Gasteiger partial charge is 0.326 e. The van der Waals surface area contributed by atoms with Gasteiger partial charge in [-0.25, -0.2) is 0 Å². The van der Waals surface area contributed by atoms with E-state index >= 15 is 0 Å².